The molecular formula is C64H73N9O16S. The second-order valence-corrected chi connectivity index (χ2v) is 26.3. The minimum absolute atomic E-state index is 0.0161. The van der Waals surface area contributed by atoms with Gasteiger partial charge in [-0.05, 0) is 133 Å². The highest BCUT2D eigenvalue weighted by Gasteiger charge is 2.66. The number of nitrogens with two attached hydrogens (primary N) is 1. The molecule has 4 bridgehead atoms. The number of carboxylic acids is 3. The second-order valence-electron chi connectivity index (χ2n) is 25.2. The fourth-order valence-corrected chi connectivity index (χ4v) is 16.0. The number of hydrogen-bond acceptors (Lipinski definition) is 19. The van der Waals surface area contributed by atoms with Crippen molar-refractivity contribution in [2.24, 2.45) is 22.0 Å². The van der Waals surface area contributed by atoms with E-state index >= 15 is 0 Å². The Bertz CT molecular complexity index is 3740. The lowest BCUT2D eigenvalue weighted by molar-refractivity contribution is -0.271. The smallest absolute Gasteiger partial charge is 0.410 e. The van der Waals surface area contributed by atoms with Crippen molar-refractivity contribution in [2.75, 3.05) is 54.9 Å². The molecule has 26 heteroatoms. The van der Waals surface area contributed by atoms with Gasteiger partial charge in [0.1, 0.15) is 36.5 Å². The van der Waals surface area contributed by atoms with Crippen molar-refractivity contribution in [1.29, 1.82) is 0 Å². The fraction of sp³-hybridized carbons (Fsp3) is 0.453. The van der Waals surface area contributed by atoms with Gasteiger partial charge in [-0.15, -0.1) is 0 Å². The van der Waals surface area contributed by atoms with E-state index in [0.29, 0.717) is 65.7 Å². The van der Waals surface area contributed by atoms with Gasteiger partial charge in [-0.25, -0.2) is 24.4 Å². The van der Waals surface area contributed by atoms with Gasteiger partial charge in [0, 0.05) is 68.1 Å². The first-order chi connectivity index (χ1) is 42.9. The number of carbonyl (C=O) groups is 6. The van der Waals surface area contributed by atoms with Crippen molar-refractivity contribution in [3.05, 3.63) is 119 Å². The number of hydrogen-bond donors (Lipinski definition) is 9. The molecule has 90 heavy (non-hydrogen) atoms. The number of nitrogens with zero attached hydrogens (tertiary/aromatic N) is 6. The number of pyridine rings is 1. The number of thiazole rings is 1. The van der Waals surface area contributed by atoms with Crippen molar-refractivity contribution in [3.8, 4) is 16.9 Å². The molecule has 3 aromatic heterocycles. The third kappa shape index (κ3) is 13.4. The van der Waals surface area contributed by atoms with Crippen LogP contribution in [0.5, 0.6) is 5.75 Å². The minimum atomic E-state index is -1.95. The number of para-hydroxylation sites is 1. The van der Waals surface area contributed by atoms with Gasteiger partial charge >= 0.3 is 24.0 Å². The number of amides is 3. The summed E-state index contributed by atoms with van der Waals surface area (Å²) >= 11 is 1.40. The van der Waals surface area contributed by atoms with Gasteiger partial charge < -0.3 is 70.4 Å². The highest BCUT2D eigenvalue weighted by Crippen LogP contribution is 2.72. The maximum atomic E-state index is 13.8. The van der Waals surface area contributed by atoms with E-state index in [-0.39, 0.29) is 85.0 Å². The SMILES string of the molecule is Cc1c(-c2ccc(N3CCc4cccc(C(=O)Nc5nc6ccccc6s5)c4C3)nc2C(=O)O)cnn1CC12CC3(C)CC(C)(C1)CC(OCCN(CCC(=O)O)C(=O)OC/C=C/c1ccc(O[C@@H]4O[C@H](C(=O)O)[C@@H](O)[C@H](O)[C@H]4O)c(NC(=O)CCN)c1)(C3)C2. The zero-order valence-electron chi connectivity index (χ0n) is 50.0. The number of carbonyl (C=O) groups excluding carboxylic acids is 3. The van der Waals surface area contributed by atoms with Gasteiger partial charge in [-0.3, -0.25) is 24.4 Å². The number of aliphatic hydroxyl groups excluding tert-OH is 3. The maximum absolute atomic E-state index is 13.8. The standard InChI is InChI=1S/C64H73N9O16S/c1-36-41(39-14-16-47(69-50(39)56(81)82)72-21-18-38-9-6-10-40(42(38)28-72)55(80)70-59-68-43-11-4-5-12-46(43)90-59)27-66-73(36)35-63-30-61(2)29-62(3,31-63)33-64(32-61,34-63)87-25-23-71(22-19-49(75)76)60(85)86-24-7-8-37-13-15-45(44(26-37)67-48(74)17-20-65)88-58-53(79)51(77)52(78)54(89-58)57(83)84/h4-16,26-27,51-54,58,77-79H,17-25,28-35,65H2,1-3H3,(H,67,74)(H,75,76)(H,81,82)(H,83,84)(H,68,70,80)/b8-7+/t51-,52-,53+,54-,58+,61?,62?,63?,64?/m0/s1. The molecule has 2 aliphatic heterocycles. The average Bonchev–Trinajstić information content (AvgIpc) is 0.731. The lowest BCUT2D eigenvalue weighted by Gasteiger charge is -2.69. The first kappa shape index (κ1) is 63.2. The van der Waals surface area contributed by atoms with Crippen LogP contribution in [0.25, 0.3) is 27.4 Å². The molecule has 5 fully saturated rings. The molecule has 5 heterocycles. The number of nitrogens with one attached hydrogen (secondary N) is 2. The number of aromatic nitrogens is 4. The third-order valence-corrected chi connectivity index (χ3v) is 18.9. The van der Waals surface area contributed by atoms with Crippen LogP contribution >= 0.6 is 11.3 Å². The van der Waals surface area contributed by atoms with E-state index in [1.54, 1.807) is 30.5 Å². The lowest BCUT2D eigenvalue weighted by atomic mass is 9.39. The number of aliphatic carboxylic acids is 2. The highest BCUT2D eigenvalue weighted by atomic mass is 32.1. The van der Waals surface area contributed by atoms with Crippen LogP contribution in [-0.4, -0.2) is 167 Å². The summed E-state index contributed by atoms with van der Waals surface area (Å²) in [7, 11) is 0. The van der Waals surface area contributed by atoms with Crippen LogP contribution in [-0.2, 0) is 48.1 Å². The summed E-state index contributed by atoms with van der Waals surface area (Å²) in [4.78, 5) is 89.4. The Morgan fingerprint density at radius 1 is 0.856 bits per heavy atom. The molecule has 0 spiro atoms. The van der Waals surface area contributed by atoms with Crippen molar-refractivity contribution < 1.29 is 78.4 Å². The van der Waals surface area contributed by atoms with Gasteiger partial charge in [0.25, 0.3) is 5.91 Å². The van der Waals surface area contributed by atoms with Crippen LogP contribution in [0.1, 0.15) is 108 Å². The molecule has 1 saturated heterocycles. The number of carboxylic acid groups (broad SMARTS) is 3. The lowest BCUT2D eigenvalue weighted by Crippen LogP contribution is -2.64. The van der Waals surface area contributed by atoms with Crippen LogP contribution in [0, 0.1) is 23.2 Å². The van der Waals surface area contributed by atoms with Crippen LogP contribution in [0.3, 0.4) is 0 Å². The number of ether oxygens (including phenoxy) is 4. The monoisotopic (exact) mass is 1260 g/mol. The van der Waals surface area contributed by atoms with Crippen LogP contribution in [0.2, 0.25) is 0 Å². The predicted molar refractivity (Wildman–Crippen MR) is 329 cm³/mol. The van der Waals surface area contributed by atoms with Crippen LogP contribution in [0.4, 0.5) is 21.4 Å². The summed E-state index contributed by atoms with van der Waals surface area (Å²) in [6.07, 6.45) is -0.00543. The summed E-state index contributed by atoms with van der Waals surface area (Å²) in [5.41, 5.74) is 10.1. The number of fused-ring (bicyclic) bond motifs is 2. The minimum Gasteiger partial charge on any atom is -0.481 e. The molecule has 2 unspecified atom stereocenters. The van der Waals surface area contributed by atoms with E-state index in [1.165, 1.54) is 34.4 Å². The summed E-state index contributed by atoms with van der Waals surface area (Å²) in [6.45, 7) is 7.82. The topological polar surface area (TPSA) is 361 Å². The zero-order valence-corrected chi connectivity index (χ0v) is 50.8. The van der Waals surface area contributed by atoms with E-state index in [1.807, 2.05) is 59.0 Å². The van der Waals surface area contributed by atoms with Gasteiger partial charge in [-0.2, -0.15) is 5.10 Å². The molecular weight excluding hydrogens is 1180 g/mol. The molecule has 25 nitrogen and oxygen atoms in total. The molecule has 4 saturated carbocycles. The zero-order chi connectivity index (χ0) is 63.9. The van der Waals surface area contributed by atoms with Crippen LogP contribution < -0.4 is 26.0 Å². The number of anilines is 3. The Morgan fingerprint density at radius 2 is 1.63 bits per heavy atom. The van der Waals surface area contributed by atoms with Gasteiger partial charge in [0.05, 0.1) is 40.7 Å². The Morgan fingerprint density at radius 3 is 2.37 bits per heavy atom. The number of aromatic carboxylic acids is 1. The molecule has 3 aromatic carbocycles. The van der Waals surface area contributed by atoms with Gasteiger partial charge in [0.2, 0.25) is 12.2 Å². The molecule has 6 aromatic rings. The molecule has 3 amide bonds. The fourth-order valence-electron chi connectivity index (χ4n) is 15.2. The summed E-state index contributed by atoms with van der Waals surface area (Å²) in [5.74, 6) is -4.27. The molecule has 12 rings (SSSR count). The van der Waals surface area contributed by atoms with Gasteiger partial charge in [-0.1, -0.05) is 61.6 Å². The first-order valence-electron chi connectivity index (χ1n) is 29.9. The summed E-state index contributed by atoms with van der Waals surface area (Å²) in [6, 6.07) is 21.4. The quantitative estimate of drug-likeness (QED) is 0.0322. The number of benzene rings is 3. The van der Waals surface area contributed by atoms with Gasteiger partial charge in [0.15, 0.2) is 16.9 Å². The Labute approximate surface area is 521 Å². The number of rotatable bonds is 23. The molecule has 6 aliphatic rings. The normalized spacial score (nSPS) is 25.9. The molecule has 0 radical (unpaired) electrons. The van der Waals surface area contributed by atoms with E-state index in [0.717, 1.165) is 59.1 Å². The van der Waals surface area contributed by atoms with Crippen molar-refractivity contribution in [3.63, 3.8) is 0 Å². The van der Waals surface area contributed by atoms with Crippen LogP contribution in [0.15, 0.2) is 85.1 Å². The molecule has 476 valence electrons. The summed E-state index contributed by atoms with van der Waals surface area (Å²) in [5, 5.41) is 71.9. The van der Waals surface area contributed by atoms with Crippen molar-refractivity contribution in [1.82, 2.24) is 24.6 Å². The summed E-state index contributed by atoms with van der Waals surface area (Å²) < 4.78 is 26.5. The Balaban J connectivity index is 0.739. The largest absolute Gasteiger partial charge is 0.481 e. The second kappa shape index (κ2) is 25.5. The predicted octanol–water partition coefficient (Wildman–Crippen LogP) is 6.70. The van der Waals surface area contributed by atoms with Crippen molar-refractivity contribution in [2.45, 2.75) is 128 Å². The Hall–Kier alpha value is -8.37. The number of aliphatic hydroxyl groups is 3. The molecule has 4 aliphatic carbocycles. The maximum Gasteiger partial charge on any atom is 0.410 e. The van der Waals surface area contributed by atoms with E-state index in [2.05, 4.69) is 29.5 Å². The van der Waals surface area contributed by atoms with E-state index in [9.17, 15) is 59.4 Å². The first-order valence-corrected chi connectivity index (χ1v) is 30.7. The Kier molecular flexibility index (Phi) is 17.9. The molecule has 10 N–H and O–H groups in total. The van der Waals surface area contributed by atoms with Crippen molar-refractivity contribution >= 4 is 80.1 Å². The average molecular weight is 1260 g/mol. The third-order valence-electron chi connectivity index (χ3n) is 17.9. The molecule has 7 atom stereocenters. The van der Waals surface area contributed by atoms with E-state index < -0.39 is 66.2 Å². The highest BCUT2D eigenvalue weighted by molar-refractivity contribution is 7.22. The van der Waals surface area contributed by atoms with E-state index in [4.69, 9.17) is 34.8 Å².